The maximum absolute atomic E-state index is 3.28. The minimum absolute atomic E-state index is 0.511. The second kappa shape index (κ2) is 6.79. The molecule has 74 valence electrons. The monoisotopic (exact) mass is 189 g/mol. The maximum Gasteiger partial charge on any atom is 0.000235 e. The minimum atomic E-state index is 0.511. The van der Waals surface area contributed by atoms with Crippen molar-refractivity contribution in [2.45, 2.75) is 33.6 Å². The fraction of sp³-hybridized carbons (Fsp3) is 1.00. The van der Waals surface area contributed by atoms with E-state index in [1.54, 1.807) is 0 Å². The maximum atomic E-state index is 3.28. The van der Waals surface area contributed by atoms with Crippen LogP contribution in [0, 0.1) is 5.41 Å². The van der Waals surface area contributed by atoms with Crippen LogP contribution in [0.5, 0.6) is 0 Å². The fourth-order valence-electron chi connectivity index (χ4n) is 1.28. The molecule has 0 amide bonds. The summed E-state index contributed by atoms with van der Waals surface area (Å²) in [5.74, 6) is 2.56. The summed E-state index contributed by atoms with van der Waals surface area (Å²) in [6.45, 7) is 8.04. The van der Waals surface area contributed by atoms with Gasteiger partial charge in [0.1, 0.15) is 0 Å². The third kappa shape index (κ3) is 5.04. The van der Waals surface area contributed by atoms with Crippen LogP contribution in [-0.4, -0.2) is 25.1 Å². The summed E-state index contributed by atoms with van der Waals surface area (Å²) < 4.78 is 0. The van der Waals surface area contributed by atoms with Crippen LogP contribution in [0.15, 0.2) is 0 Å². The lowest BCUT2D eigenvalue weighted by Gasteiger charge is -2.27. The predicted octanol–water partition coefficient (Wildman–Crippen LogP) is 2.77. The van der Waals surface area contributed by atoms with Gasteiger partial charge in [0.25, 0.3) is 0 Å². The van der Waals surface area contributed by atoms with E-state index >= 15 is 0 Å². The van der Waals surface area contributed by atoms with Crippen molar-refractivity contribution in [2.24, 2.45) is 5.41 Å². The molecule has 0 aromatic carbocycles. The highest BCUT2D eigenvalue weighted by atomic mass is 32.2. The summed E-state index contributed by atoms with van der Waals surface area (Å²) in [7, 11) is 2.04. The van der Waals surface area contributed by atoms with Gasteiger partial charge < -0.3 is 5.32 Å². The molecular weight excluding hydrogens is 166 g/mol. The van der Waals surface area contributed by atoms with Crippen LogP contribution in [0.1, 0.15) is 33.6 Å². The van der Waals surface area contributed by atoms with Gasteiger partial charge in [0, 0.05) is 6.54 Å². The lowest BCUT2D eigenvalue weighted by atomic mass is 9.85. The normalized spacial score (nSPS) is 16.0. The molecule has 0 heterocycles. The van der Waals surface area contributed by atoms with Gasteiger partial charge in [0.2, 0.25) is 0 Å². The number of rotatable bonds is 7. The summed E-state index contributed by atoms with van der Waals surface area (Å²) in [5.41, 5.74) is 0.511. The van der Waals surface area contributed by atoms with Gasteiger partial charge in [-0.3, -0.25) is 0 Å². The first kappa shape index (κ1) is 12.3. The third-order valence-corrected chi connectivity index (χ3v) is 3.41. The minimum Gasteiger partial charge on any atom is -0.319 e. The Balaban J connectivity index is 3.63. The first-order valence-corrected chi connectivity index (χ1v) is 6.06. The molecule has 12 heavy (non-hydrogen) atoms. The third-order valence-electron chi connectivity index (χ3n) is 2.51. The molecule has 1 atom stereocenters. The van der Waals surface area contributed by atoms with Crippen LogP contribution in [0.2, 0.25) is 0 Å². The van der Waals surface area contributed by atoms with E-state index in [0.717, 1.165) is 6.54 Å². The largest absolute Gasteiger partial charge is 0.319 e. The van der Waals surface area contributed by atoms with E-state index in [1.165, 1.54) is 24.3 Å². The van der Waals surface area contributed by atoms with Gasteiger partial charge in [-0.15, -0.1) is 0 Å². The number of hydrogen-bond donors (Lipinski definition) is 1. The van der Waals surface area contributed by atoms with E-state index in [-0.39, 0.29) is 0 Å². The predicted molar refractivity (Wildman–Crippen MR) is 59.9 cm³/mol. The van der Waals surface area contributed by atoms with Crippen LogP contribution in [0.3, 0.4) is 0 Å². The van der Waals surface area contributed by atoms with Crippen molar-refractivity contribution < 1.29 is 0 Å². The molecule has 0 aliphatic carbocycles. The van der Waals surface area contributed by atoms with Crippen LogP contribution >= 0.6 is 11.8 Å². The zero-order chi connectivity index (χ0) is 9.45. The van der Waals surface area contributed by atoms with Gasteiger partial charge in [-0.2, -0.15) is 11.8 Å². The number of thioether (sulfide) groups is 1. The van der Waals surface area contributed by atoms with Crippen molar-refractivity contribution >= 4 is 11.8 Å². The van der Waals surface area contributed by atoms with E-state index in [1.807, 2.05) is 18.8 Å². The zero-order valence-electron chi connectivity index (χ0n) is 8.94. The Bertz CT molecular complexity index is 106. The fourth-order valence-corrected chi connectivity index (χ4v) is 2.21. The first-order valence-electron chi connectivity index (χ1n) is 4.91. The lowest BCUT2D eigenvalue weighted by molar-refractivity contribution is 0.292. The topological polar surface area (TPSA) is 12.0 Å². The number of nitrogens with one attached hydrogen (secondary N) is 1. The molecule has 1 N–H and O–H groups in total. The van der Waals surface area contributed by atoms with Crippen LogP contribution < -0.4 is 5.32 Å². The quantitative estimate of drug-likeness (QED) is 0.618. The van der Waals surface area contributed by atoms with Crippen molar-refractivity contribution in [1.29, 1.82) is 0 Å². The van der Waals surface area contributed by atoms with E-state index in [9.17, 15) is 0 Å². The molecule has 0 aromatic rings. The molecule has 1 unspecified atom stereocenters. The molecule has 1 nitrogen and oxygen atoms in total. The van der Waals surface area contributed by atoms with Crippen molar-refractivity contribution in [3.8, 4) is 0 Å². The molecular formula is C10H23NS. The Hall–Kier alpha value is 0.310. The smallest absolute Gasteiger partial charge is 0.000235 e. The second-order valence-corrected chi connectivity index (χ2v) is 5.04. The van der Waals surface area contributed by atoms with Gasteiger partial charge in [-0.05, 0) is 36.8 Å². The molecule has 0 fully saturated rings. The van der Waals surface area contributed by atoms with E-state index < -0.39 is 0 Å². The Kier molecular flexibility index (Phi) is 6.96. The summed E-state index contributed by atoms with van der Waals surface area (Å²) in [5, 5.41) is 3.28. The molecule has 0 saturated carbocycles. The van der Waals surface area contributed by atoms with E-state index in [0.29, 0.717) is 5.41 Å². The summed E-state index contributed by atoms with van der Waals surface area (Å²) in [6, 6.07) is 0. The van der Waals surface area contributed by atoms with Gasteiger partial charge in [-0.25, -0.2) is 0 Å². The van der Waals surface area contributed by atoms with Crippen molar-refractivity contribution in [3.05, 3.63) is 0 Å². The molecule has 0 aliphatic heterocycles. The summed E-state index contributed by atoms with van der Waals surface area (Å²) in [4.78, 5) is 0. The Morgan fingerprint density at radius 3 is 2.42 bits per heavy atom. The van der Waals surface area contributed by atoms with Crippen LogP contribution in [0.4, 0.5) is 0 Å². The van der Waals surface area contributed by atoms with Crippen molar-refractivity contribution in [3.63, 3.8) is 0 Å². The number of hydrogen-bond acceptors (Lipinski definition) is 2. The highest BCUT2D eigenvalue weighted by molar-refractivity contribution is 7.99. The molecule has 0 spiro atoms. The highest BCUT2D eigenvalue weighted by Gasteiger charge is 2.19. The molecule has 0 aromatic heterocycles. The average Bonchev–Trinajstić information content (AvgIpc) is 2.06. The standard InChI is InChI=1S/C10H23NS/c1-5-10(3,9-11-4)7-8-12-6-2/h11H,5-9H2,1-4H3. The van der Waals surface area contributed by atoms with Gasteiger partial charge in [0.05, 0.1) is 0 Å². The van der Waals surface area contributed by atoms with E-state index in [2.05, 4.69) is 26.1 Å². The molecule has 0 rings (SSSR count). The molecule has 0 bridgehead atoms. The molecule has 0 aliphatic rings. The zero-order valence-corrected chi connectivity index (χ0v) is 9.76. The second-order valence-electron chi connectivity index (χ2n) is 3.64. The Morgan fingerprint density at radius 2 is 2.00 bits per heavy atom. The molecule has 0 saturated heterocycles. The Labute approximate surface area is 81.7 Å². The van der Waals surface area contributed by atoms with Gasteiger partial charge in [0.15, 0.2) is 0 Å². The molecule has 2 heteroatoms. The average molecular weight is 189 g/mol. The Morgan fingerprint density at radius 1 is 1.33 bits per heavy atom. The van der Waals surface area contributed by atoms with Gasteiger partial charge >= 0.3 is 0 Å². The summed E-state index contributed by atoms with van der Waals surface area (Å²) >= 11 is 2.05. The van der Waals surface area contributed by atoms with Crippen molar-refractivity contribution in [2.75, 3.05) is 25.1 Å². The highest BCUT2D eigenvalue weighted by Crippen LogP contribution is 2.26. The van der Waals surface area contributed by atoms with Crippen LogP contribution in [0.25, 0.3) is 0 Å². The van der Waals surface area contributed by atoms with E-state index in [4.69, 9.17) is 0 Å². The summed E-state index contributed by atoms with van der Waals surface area (Å²) in [6.07, 6.45) is 2.61. The molecule has 0 radical (unpaired) electrons. The SMILES string of the molecule is CCSCCC(C)(CC)CNC. The lowest BCUT2D eigenvalue weighted by Crippen LogP contribution is -2.29. The van der Waals surface area contributed by atoms with Gasteiger partial charge in [-0.1, -0.05) is 20.8 Å². The van der Waals surface area contributed by atoms with Crippen molar-refractivity contribution in [1.82, 2.24) is 5.32 Å². The van der Waals surface area contributed by atoms with Crippen LogP contribution in [-0.2, 0) is 0 Å². The first-order chi connectivity index (χ1) is 5.68.